The molecule has 5 rings (SSSR count). The van der Waals surface area contributed by atoms with Gasteiger partial charge in [-0.25, -0.2) is 0 Å². The monoisotopic (exact) mass is 487 g/mol. The van der Waals surface area contributed by atoms with Crippen LogP contribution < -0.4 is 0 Å². The summed E-state index contributed by atoms with van der Waals surface area (Å²) < 4.78 is 2.11. The first-order valence-corrected chi connectivity index (χ1v) is 14.2. The van der Waals surface area contributed by atoms with Crippen molar-refractivity contribution in [2.75, 3.05) is 50.8 Å². The van der Waals surface area contributed by atoms with E-state index in [1.54, 1.807) is 0 Å². The predicted molar refractivity (Wildman–Crippen MR) is 133 cm³/mol. The van der Waals surface area contributed by atoms with E-state index in [1.807, 2.05) is 39.1 Å². The van der Waals surface area contributed by atoms with Gasteiger partial charge in [-0.3, -0.25) is 19.2 Å². The highest BCUT2D eigenvalue weighted by Crippen LogP contribution is 2.30. The molecule has 1 unspecified atom stereocenters. The van der Waals surface area contributed by atoms with Gasteiger partial charge < -0.3 is 9.80 Å². The van der Waals surface area contributed by atoms with Gasteiger partial charge in [0.05, 0.1) is 4.88 Å². The Bertz CT molecular complexity index is 975. The van der Waals surface area contributed by atoms with Crippen LogP contribution in [0.3, 0.4) is 0 Å². The number of carbonyl (C=O) groups is 2. The van der Waals surface area contributed by atoms with Crippen molar-refractivity contribution in [2.45, 2.75) is 45.2 Å². The molecule has 9 heteroatoms. The van der Waals surface area contributed by atoms with E-state index in [0.29, 0.717) is 11.7 Å². The molecule has 2 fully saturated rings. The molecule has 0 aromatic carbocycles. The summed E-state index contributed by atoms with van der Waals surface area (Å²) in [6.07, 6.45) is 3.98. The molecule has 1 aliphatic carbocycles. The molecule has 0 bridgehead atoms. The fourth-order valence-electron chi connectivity index (χ4n) is 5.31. The SMILES string of the molecule is CCCn1nc(C(=O)N2CCSCC2)c2c1CCC(N1CCN(C(=O)c3cccs3)CC1)C2. The topological polar surface area (TPSA) is 61.7 Å². The van der Waals surface area contributed by atoms with Crippen LogP contribution in [-0.2, 0) is 19.4 Å². The van der Waals surface area contributed by atoms with Crippen LogP contribution in [0.1, 0.15) is 51.2 Å². The van der Waals surface area contributed by atoms with Gasteiger partial charge in [-0.2, -0.15) is 16.9 Å². The number of nitrogens with zero attached hydrogens (tertiary/aromatic N) is 5. The lowest BCUT2D eigenvalue weighted by Crippen LogP contribution is -2.53. The molecule has 2 saturated heterocycles. The second-order valence-electron chi connectivity index (χ2n) is 9.10. The Morgan fingerprint density at radius 1 is 1.06 bits per heavy atom. The van der Waals surface area contributed by atoms with Crippen LogP contribution in [0.2, 0.25) is 0 Å². The van der Waals surface area contributed by atoms with E-state index in [1.165, 1.54) is 22.6 Å². The fraction of sp³-hybridized carbons (Fsp3) is 0.625. The van der Waals surface area contributed by atoms with E-state index >= 15 is 0 Å². The van der Waals surface area contributed by atoms with Crippen LogP contribution in [0.5, 0.6) is 0 Å². The van der Waals surface area contributed by atoms with Crippen molar-refractivity contribution in [3.05, 3.63) is 39.3 Å². The van der Waals surface area contributed by atoms with E-state index in [-0.39, 0.29) is 11.8 Å². The van der Waals surface area contributed by atoms with Crippen LogP contribution in [-0.4, -0.2) is 93.1 Å². The first-order valence-electron chi connectivity index (χ1n) is 12.2. The van der Waals surface area contributed by atoms with Crippen molar-refractivity contribution in [1.82, 2.24) is 24.5 Å². The molecule has 2 aromatic heterocycles. The van der Waals surface area contributed by atoms with E-state index in [2.05, 4.69) is 16.5 Å². The number of carbonyl (C=O) groups excluding carboxylic acids is 2. The van der Waals surface area contributed by atoms with Gasteiger partial charge >= 0.3 is 0 Å². The van der Waals surface area contributed by atoms with Crippen LogP contribution in [0.15, 0.2) is 17.5 Å². The molecular weight excluding hydrogens is 454 g/mol. The summed E-state index contributed by atoms with van der Waals surface area (Å²) in [6, 6.07) is 4.27. The molecule has 2 amide bonds. The number of thioether (sulfide) groups is 1. The van der Waals surface area contributed by atoms with Crippen LogP contribution in [0, 0.1) is 0 Å². The highest BCUT2D eigenvalue weighted by atomic mass is 32.2. The van der Waals surface area contributed by atoms with E-state index in [4.69, 9.17) is 5.10 Å². The number of hydrogen-bond donors (Lipinski definition) is 0. The first kappa shape index (κ1) is 22.9. The lowest BCUT2D eigenvalue weighted by Gasteiger charge is -2.40. The zero-order valence-electron chi connectivity index (χ0n) is 19.4. The summed E-state index contributed by atoms with van der Waals surface area (Å²) in [5, 5.41) is 6.81. The predicted octanol–water partition coefficient (Wildman–Crippen LogP) is 2.86. The Labute approximate surface area is 204 Å². The molecule has 0 radical (unpaired) electrons. The number of hydrogen-bond acceptors (Lipinski definition) is 6. The summed E-state index contributed by atoms with van der Waals surface area (Å²) >= 11 is 3.44. The van der Waals surface area contributed by atoms with E-state index in [0.717, 1.165) is 87.9 Å². The van der Waals surface area contributed by atoms with Crippen molar-refractivity contribution in [3.8, 4) is 0 Å². The fourth-order valence-corrected chi connectivity index (χ4v) is 6.91. The summed E-state index contributed by atoms with van der Waals surface area (Å²) in [6.45, 7) is 8.02. The molecular formula is C24H33N5O2S2. The molecule has 2 aliphatic heterocycles. The average molecular weight is 488 g/mol. The van der Waals surface area contributed by atoms with Crippen molar-refractivity contribution in [1.29, 1.82) is 0 Å². The number of amides is 2. The van der Waals surface area contributed by atoms with Crippen molar-refractivity contribution in [3.63, 3.8) is 0 Å². The minimum atomic E-state index is 0.119. The molecule has 178 valence electrons. The standard InChI is InChI=1S/C24H33N5O2S2/c1-2-7-29-20-6-5-18(17-19(20)22(25-29)24(31)28-12-15-32-16-13-28)26-8-10-27(11-9-26)23(30)21-4-3-14-33-21/h3-4,14,18H,2,5-13,15-17H2,1H3. The van der Waals surface area contributed by atoms with Gasteiger partial charge in [-0.05, 0) is 37.1 Å². The van der Waals surface area contributed by atoms with Crippen LogP contribution in [0.25, 0.3) is 0 Å². The highest BCUT2D eigenvalue weighted by Gasteiger charge is 2.35. The zero-order valence-corrected chi connectivity index (χ0v) is 21.0. The molecule has 0 N–H and O–H groups in total. The third-order valence-electron chi connectivity index (χ3n) is 7.11. The summed E-state index contributed by atoms with van der Waals surface area (Å²) in [7, 11) is 0. The largest absolute Gasteiger partial charge is 0.336 e. The van der Waals surface area contributed by atoms with Gasteiger partial charge in [0.15, 0.2) is 5.69 Å². The maximum atomic E-state index is 13.4. The second kappa shape index (κ2) is 10.2. The summed E-state index contributed by atoms with van der Waals surface area (Å²) in [5.74, 6) is 2.30. The Hall–Kier alpha value is -1.84. The molecule has 4 heterocycles. The number of thiophene rings is 1. The molecule has 1 atom stereocenters. The van der Waals surface area contributed by atoms with Gasteiger partial charge in [-0.15, -0.1) is 11.3 Å². The zero-order chi connectivity index (χ0) is 22.8. The number of rotatable bonds is 5. The maximum Gasteiger partial charge on any atom is 0.274 e. The van der Waals surface area contributed by atoms with Crippen molar-refractivity contribution < 1.29 is 9.59 Å². The lowest BCUT2D eigenvalue weighted by atomic mass is 9.89. The minimum absolute atomic E-state index is 0.119. The quantitative estimate of drug-likeness (QED) is 0.649. The van der Waals surface area contributed by atoms with E-state index in [9.17, 15) is 9.59 Å². The Kier molecular flexibility index (Phi) is 7.08. The molecule has 7 nitrogen and oxygen atoms in total. The third kappa shape index (κ3) is 4.72. The van der Waals surface area contributed by atoms with Gasteiger partial charge in [0.1, 0.15) is 0 Å². The minimum Gasteiger partial charge on any atom is -0.336 e. The lowest BCUT2D eigenvalue weighted by molar-refractivity contribution is 0.0554. The molecule has 0 saturated carbocycles. The molecule has 3 aliphatic rings. The highest BCUT2D eigenvalue weighted by molar-refractivity contribution is 7.99. The summed E-state index contributed by atoms with van der Waals surface area (Å²) in [5.41, 5.74) is 3.15. The van der Waals surface area contributed by atoms with Gasteiger partial charge in [-0.1, -0.05) is 13.0 Å². The Balaban J connectivity index is 1.29. The Morgan fingerprint density at radius 2 is 1.82 bits per heavy atom. The van der Waals surface area contributed by atoms with Gasteiger partial charge in [0.25, 0.3) is 11.8 Å². The van der Waals surface area contributed by atoms with Crippen LogP contribution in [0.4, 0.5) is 0 Å². The molecule has 0 spiro atoms. The number of aryl methyl sites for hydroxylation is 1. The van der Waals surface area contributed by atoms with Crippen LogP contribution >= 0.6 is 23.1 Å². The molecule has 33 heavy (non-hydrogen) atoms. The normalized spacial score (nSPS) is 21.8. The summed E-state index contributed by atoms with van der Waals surface area (Å²) in [4.78, 5) is 33.4. The maximum absolute atomic E-state index is 13.4. The number of piperazine rings is 1. The van der Waals surface area contributed by atoms with Crippen molar-refractivity contribution >= 4 is 34.9 Å². The smallest absolute Gasteiger partial charge is 0.274 e. The number of aromatic nitrogens is 2. The van der Waals surface area contributed by atoms with E-state index < -0.39 is 0 Å². The van der Waals surface area contributed by atoms with Gasteiger partial charge in [0, 0.05) is 74.6 Å². The molecule has 2 aromatic rings. The van der Waals surface area contributed by atoms with Gasteiger partial charge in [0.2, 0.25) is 0 Å². The second-order valence-corrected chi connectivity index (χ2v) is 11.3. The average Bonchev–Trinajstić information content (AvgIpc) is 3.53. The number of fused-ring (bicyclic) bond motifs is 1. The first-order chi connectivity index (χ1) is 16.2. The third-order valence-corrected chi connectivity index (χ3v) is 8.91. The van der Waals surface area contributed by atoms with Crippen molar-refractivity contribution in [2.24, 2.45) is 0 Å². The Morgan fingerprint density at radius 3 is 2.52 bits per heavy atom.